The van der Waals surface area contributed by atoms with E-state index >= 15 is 0 Å². The molecule has 0 amide bonds. The molecule has 0 fully saturated rings. The molecule has 1 heteroatoms. The lowest BCUT2D eigenvalue weighted by Crippen LogP contribution is -1.93. The van der Waals surface area contributed by atoms with E-state index in [4.69, 9.17) is 0 Å². The van der Waals surface area contributed by atoms with Gasteiger partial charge in [-0.25, -0.2) is 0 Å². The lowest BCUT2D eigenvalue weighted by Gasteiger charge is -2.13. The molecule has 5 rings (SSSR count). The van der Waals surface area contributed by atoms with Crippen molar-refractivity contribution in [2.24, 2.45) is 0 Å². The Hall–Kier alpha value is -3.84. The van der Waals surface area contributed by atoms with Gasteiger partial charge in [0, 0.05) is 16.9 Å². The molecular weight excluding hydrogens is 350 g/mol. The van der Waals surface area contributed by atoms with Crippen molar-refractivity contribution in [3.05, 3.63) is 121 Å². The van der Waals surface area contributed by atoms with Crippen LogP contribution in [0.4, 0.5) is 11.4 Å². The molecule has 0 aliphatic heterocycles. The van der Waals surface area contributed by atoms with E-state index in [0.717, 1.165) is 11.4 Å². The molecule has 1 nitrogen and oxygen atoms in total. The van der Waals surface area contributed by atoms with Crippen molar-refractivity contribution >= 4 is 22.1 Å². The summed E-state index contributed by atoms with van der Waals surface area (Å²) in [5.41, 5.74) is 7.07. The molecule has 0 spiro atoms. The van der Waals surface area contributed by atoms with E-state index in [1.165, 1.54) is 33.0 Å². The second kappa shape index (κ2) is 7.65. The van der Waals surface area contributed by atoms with Crippen molar-refractivity contribution in [1.82, 2.24) is 0 Å². The summed E-state index contributed by atoms with van der Waals surface area (Å²) in [4.78, 5) is 0. The molecule has 29 heavy (non-hydrogen) atoms. The van der Waals surface area contributed by atoms with E-state index in [1.807, 2.05) is 6.07 Å². The lowest BCUT2D eigenvalue weighted by atomic mass is 9.99. The molecule has 138 valence electrons. The molecule has 5 aromatic carbocycles. The Morgan fingerprint density at radius 3 is 1.86 bits per heavy atom. The smallest absolute Gasteiger partial charge is 0.0463 e. The number of para-hydroxylation sites is 1. The quantitative estimate of drug-likeness (QED) is 0.338. The third-order valence-corrected chi connectivity index (χ3v) is 5.26. The lowest BCUT2D eigenvalue weighted by molar-refractivity contribution is 1.54. The van der Waals surface area contributed by atoms with Gasteiger partial charge >= 0.3 is 0 Å². The minimum absolute atomic E-state index is 1.09. The van der Waals surface area contributed by atoms with Crippen LogP contribution in [0.3, 0.4) is 0 Å². The van der Waals surface area contributed by atoms with Gasteiger partial charge in [-0.3, -0.25) is 0 Å². The zero-order chi connectivity index (χ0) is 19.5. The third kappa shape index (κ3) is 3.63. The Kier molecular flexibility index (Phi) is 4.56. The highest BCUT2D eigenvalue weighted by Gasteiger charge is 2.06. The monoisotopic (exact) mass is 371 g/mol. The van der Waals surface area contributed by atoms with Crippen LogP contribution in [0, 0.1) is 0 Å². The van der Waals surface area contributed by atoms with Gasteiger partial charge in [-0.05, 0) is 45.7 Å². The second-order valence-corrected chi connectivity index (χ2v) is 7.18. The van der Waals surface area contributed by atoms with Crippen LogP contribution in [0.2, 0.25) is 0 Å². The maximum atomic E-state index is 3.61. The molecule has 0 aliphatic rings. The Bertz CT molecular complexity index is 1250. The van der Waals surface area contributed by atoms with Gasteiger partial charge in [0.05, 0.1) is 0 Å². The molecule has 0 saturated heterocycles. The Balaban J connectivity index is 1.47. The largest absolute Gasteiger partial charge is 0.355 e. The van der Waals surface area contributed by atoms with Crippen LogP contribution in [0.1, 0.15) is 0 Å². The number of anilines is 2. The van der Waals surface area contributed by atoms with Crippen molar-refractivity contribution in [3.8, 4) is 22.3 Å². The zero-order valence-corrected chi connectivity index (χ0v) is 16.0. The van der Waals surface area contributed by atoms with Gasteiger partial charge in [0.15, 0.2) is 0 Å². The van der Waals surface area contributed by atoms with Gasteiger partial charge < -0.3 is 5.32 Å². The summed E-state index contributed by atoms with van der Waals surface area (Å²) in [6, 6.07) is 42.7. The molecule has 1 N–H and O–H groups in total. The molecule has 0 heterocycles. The summed E-state index contributed by atoms with van der Waals surface area (Å²) >= 11 is 0. The van der Waals surface area contributed by atoms with E-state index in [1.54, 1.807) is 0 Å². The predicted octanol–water partition coefficient (Wildman–Crippen LogP) is 7.92. The standard InChI is InChI=1S/C28H21N/c1-2-8-21(9-3-1)23-14-16-24(17-15-23)27-12-6-7-13-28(27)29-26-19-18-22-10-4-5-11-25(22)20-26/h1-20,29H. The first-order chi connectivity index (χ1) is 14.4. The highest BCUT2D eigenvalue weighted by atomic mass is 14.9. The van der Waals surface area contributed by atoms with Gasteiger partial charge in [-0.15, -0.1) is 0 Å². The molecule has 0 aliphatic carbocycles. The molecule has 0 aromatic heterocycles. The minimum Gasteiger partial charge on any atom is -0.355 e. The summed E-state index contributed by atoms with van der Waals surface area (Å²) in [6.07, 6.45) is 0. The minimum atomic E-state index is 1.09. The van der Waals surface area contributed by atoms with Crippen molar-refractivity contribution in [1.29, 1.82) is 0 Å². The van der Waals surface area contributed by atoms with Crippen LogP contribution in [-0.4, -0.2) is 0 Å². The summed E-state index contributed by atoms with van der Waals surface area (Å²) in [6.45, 7) is 0. The summed E-state index contributed by atoms with van der Waals surface area (Å²) in [5, 5.41) is 6.10. The Morgan fingerprint density at radius 2 is 1.03 bits per heavy atom. The number of hydrogen-bond acceptors (Lipinski definition) is 1. The second-order valence-electron chi connectivity index (χ2n) is 7.18. The molecule has 0 radical (unpaired) electrons. The predicted molar refractivity (Wildman–Crippen MR) is 125 cm³/mol. The van der Waals surface area contributed by atoms with Crippen LogP contribution in [0.25, 0.3) is 33.0 Å². The molecule has 0 saturated carbocycles. The normalized spacial score (nSPS) is 10.8. The first-order valence-corrected chi connectivity index (χ1v) is 9.87. The molecule has 5 aromatic rings. The summed E-state index contributed by atoms with van der Waals surface area (Å²) in [5.74, 6) is 0. The molecule has 0 atom stereocenters. The van der Waals surface area contributed by atoms with Gasteiger partial charge in [0.1, 0.15) is 0 Å². The first kappa shape index (κ1) is 17.3. The van der Waals surface area contributed by atoms with Crippen LogP contribution < -0.4 is 5.32 Å². The zero-order valence-electron chi connectivity index (χ0n) is 16.0. The third-order valence-electron chi connectivity index (χ3n) is 5.26. The van der Waals surface area contributed by atoms with Crippen molar-refractivity contribution < 1.29 is 0 Å². The van der Waals surface area contributed by atoms with E-state index in [9.17, 15) is 0 Å². The fourth-order valence-electron chi connectivity index (χ4n) is 3.74. The van der Waals surface area contributed by atoms with Crippen LogP contribution in [0.5, 0.6) is 0 Å². The highest BCUT2D eigenvalue weighted by Crippen LogP contribution is 2.32. The maximum Gasteiger partial charge on any atom is 0.0463 e. The fraction of sp³-hybridized carbons (Fsp3) is 0. The van der Waals surface area contributed by atoms with Gasteiger partial charge in [0.2, 0.25) is 0 Å². The average Bonchev–Trinajstić information content (AvgIpc) is 2.80. The summed E-state index contributed by atoms with van der Waals surface area (Å²) < 4.78 is 0. The van der Waals surface area contributed by atoms with E-state index < -0.39 is 0 Å². The molecular formula is C28H21N. The topological polar surface area (TPSA) is 12.0 Å². The SMILES string of the molecule is c1ccc(-c2ccc(-c3ccccc3Nc3ccc4ccccc4c3)cc2)cc1. The van der Waals surface area contributed by atoms with Gasteiger partial charge in [0.25, 0.3) is 0 Å². The van der Waals surface area contributed by atoms with Crippen LogP contribution in [0.15, 0.2) is 121 Å². The van der Waals surface area contributed by atoms with E-state index in [-0.39, 0.29) is 0 Å². The number of benzene rings is 5. The van der Waals surface area contributed by atoms with Crippen LogP contribution >= 0.6 is 0 Å². The van der Waals surface area contributed by atoms with Crippen molar-refractivity contribution in [2.45, 2.75) is 0 Å². The average molecular weight is 371 g/mol. The van der Waals surface area contributed by atoms with Crippen LogP contribution in [-0.2, 0) is 0 Å². The number of nitrogens with one attached hydrogen (secondary N) is 1. The number of rotatable bonds is 4. The maximum absolute atomic E-state index is 3.61. The number of hydrogen-bond donors (Lipinski definition) is 1. The van der Waals surface area contributed by atoms with E-state index in [0.29, 0.717) is 0 Å². The first-order valence-electron chi connectivity index (χ1n) is 9.87. The van der Waals surface area contributed by atoms with Crippen molar-refractivity contribution in [3.63, 3.8) is 0 Å². The summed E-state index contributed by atoms with van der Waals surface area (Å²) in [7, 11) is 0. The molecule has 0 bridgehead atoms. The highest BCUT2D eigenvalue weighted by molar-refractivity contribution is 5.88. The van der Waals surface area contributed by atoms with E-state index in [2.05, 4.69) is 121 Å². The fourth-order valence-corrected chi connectivity index (χ4v) is 3.74. The van der Waals surface area contributed by atoms with Gasteiger partial charge in [-0.2, -0.15) is 0 Å². The Labute approximate surface area is 171 Å². The Morgan fingerprint density at radius 1 is 0.414 bits per heavy atom. The molecule has 0 unspecified atom stereocenters. The van der Waals surface area contributed by atoms with Gasteiger partial charge in [-0.1, -0.05) is 103 Å². The van der Waals surface area contributed by atoms with Crippen molar-refractivity contribution in [2.75, 3.05) is 5.32 Å². The number of fused-ring (bicyclic) bond motifs is 1.